The van der Waals surface area contributed by atoms with Gasteiger partial charge in [0.25, 0.3) is 0 Å². The largest absolute Gasteiger partial charge is 0.366 e. The van der Waals surface area contributed by atoms with E-state index in [1.54, 1.807) is 27.7 Å². The Morgan fingerprint density at radius 2 is 2.21 bits per heavy atom. The summed E-state index contributed by atoms with van der Waals surface area (Å²) in [4.78, 5) is 17.6. The maximum Gasteiger partial charge on any atom is 0.182 e. The fraction of sp³-hybridized carbons (Fsp3) is 0.278. The number of hydrogen-bond acceptors (Lipinski definition) is 7. The number of anilines is 1. The lowest BCUT2D eigenvalue weighted by Gasteiger charge is -2.24. The molecule has 2 N–H and O–H groups in total. The van der Waals surface area contributed by atoms with Gasteiger partial charge in [0.1, 0.15) is 35.6 Å². The summed E-state index contributed by atoms with van der Waals surface area (Å²) in [6.45, 7) is 1.91. The molecule has 9 nitrogen and oxygen atoms in total. The monoisotopic (exact) mass is 379 g/mol. The van der Waals surface area contributed by atoms with Crippen LogP contribution in [0.1, 0.15) is 12.8 Å². The van der Waals surface area contributed by atoms with Gasteiger partial charge in [-0.05, 0) is 31.5 Å². The van der Waals surface area contributed by atoms with Crippen molar-refractivity contribution >= 4 is 11.5 Å². The summed E-state index contributed by atoms with van der Waals surface area (Å²) < 4.78 is 17.0. The van der Waals surface area contributed by atoms with Crippen LogP contribution in [0.25, 0.3) is 23.0 Å². The van der Waals surface area contributed by atoms with E-state index in [1.807, 2.05) is 6.07 Å². The van der Waals surface area contributed by atoms with Crippen molar-refractivity contribution in [1.82, 2.24) is 39.4 Å². The highest BCUT2D eigenvalue weighted by Crippen LogP contribution is 2.22. The molecule has 1 saturated heterocycles. The average molecular weight is 379 g/mol. The minimum Gasteiger partial charge on any atom is -0.366 e. The lowest BCUT2D eigenvalue weighted by atomic mass is 10.1. The molecule has 1 aliphatic rings. The first-order valence-electron chi connectivity index (χ1n) is 9.10. The molecule has 1 fully saturated rings. The number of rotatable bonds is 4. The van der Waals surface area contributed by atoms with E-state index in [0.717, 1.165) is 25.9 Å². The SMILES string of the molecule is Fc1ccc2ncc(-c3nc(N[C@@H]4CCCNC4)cc(-n4cncn4)n3)n2c1. The minimum atomic E-state index is -0.356. The summed E-state index contributed by atoms with van der Waals surface area (Å²) in [5.74, 6) is 1.32. The number of nitrogens with zero attached hydrogens (tertiary/aromatic N) is 7. The molecule has 0 amide bonds. The van der Waals surface area contributed by atoms with Gasteiger partial charge in [0.2, 0.25) is 0 Å². The lowest BCUT2D eigenvalue weighted by molar-refractivity contribution is 0.479. The molecule has 0 bridgehead atoms. The molecule has 0 unspecified atom stereocenters. The molecule has 4 aromatic rings. The van der Waals surface area contributed by atoms with Crippen molar-refractivity contribution in [2.45, 2.75) is 18.9 Å². The Balaban J connectivity index is 1.60. The number of imidazole rings is 1. The zero-order valence-corrected chi connectivity index (χ0v) is 15.0. The van der Waals surface area contributed by atoms with Crippen molar-refractivity contribution in [3.8, 4) is 17.3 Å². The predicted octanol–water partition coefficient (Wildman–Crippen LogP) is 1.67. The predicted molar refractivity (Wildman–Crippen MR) is 101 cm³/mol. The van der Waals surface area contributed by atoms with Crippen molar-refractivity contribution in [3.05, 3.63) is 49.1 Å². The van der Waals surface area contributed by atoms with E-state index in [-0.39, 0.29) is 11.9 Å². The zero-order valence-electron chi connectivity index (χ0n) is 15.0. The van der Waals surface area contributed by atoms with Crippen molar-refractivity contribution in [2.75, 3.05) is 18.4 Å². The van der Waals surface area contributed by atoms with Gasteiger partial charge in [-0.3, -0.25) is 4.40 Å². The normalized spacial score (nSPS) is 17.1. The summed E-state index contributed by atoms with van der Waals surface area (Å²) in [7, 11) is 0. The third kappa shape index (κ3) is 3.18. The van der Waals surface area contributed by atoms with Gasteiger partial charge in [-0.2, -0.15) is 5.10 Å². The Labute approximate surface area is 159 Å². The highest BCUT2D eigenvalue weighted by Gasteiger charge is 2.17. The highest BCUT2D eigenvalue weighted by molar-refractivity contribution is 5.60. The van der Waals surface area contributed by atoms with Crippen molar-refractivity contribution in [1.29, 1.82) is 0 Å². The number of halogens is 1. The molecule has 1 atom stereocenters. The molecular weight excluding hydrogens is 361 g/mol. The molecule has 0 spiro atoms. The molecule has 0 saturated carbocycles. The molecule has 5 rings (SSSR count). The average Bonchev–Trinajstić information content (AvgIpc) is 3.38. The molecular formula is C18H18FN9. The first-order valence-corrected chi connectivity index (χ1v) is 9.10. The van der Waals surface area contributed by atoms with E-state index in [2.05, 4.69) is 35.7 Å². The second-order valence-corrected chi connectivity index (χ2v) is 6.68. The van der Waals surface area contributed by atoms with Crippen molar-refractivity contribution in [2.24, 2.45) is 0 Å². The van der Waals surface area contributed by atoms with Crippen LogP contribution in [0.15, 0.2) is 43.2 Å². The van der Waals surface area contributed by atoms with Gasteiger partial charge in [0, 0.05) is 24.8 Å². The van der Waals surface area contributed by atoms with Gasteiger partial charge < -0.3 is 10.6 Å². The number of fused-ring (bicyclic) bond motifs is 1. The Hall–Kier alpha value is -3.40. The molecule has 0 radical (unpaired) electrons. The zero-order chi connectivity index (χ0) is 18.9. The summed E-state index contributed by atoms with van der Waals surface area (Å²) in [6.07, 6.45) is 8.21. The fourth-order valence-electron chi connectivity index (χ4n) is 3.37. The lowest BCUT2D eigenvalue weighted by Crippen LogP contribution is -2.38. The Kier molecular flexibility index (Phi) is 4.17. The van der Waals surface area contributed by atoms with E-state index in [9.17, 15) is 4.39 Å². The van der Waals surface area contributed by atoms with E-state index in [4.69, 9.17) is 0 Å². The van der Waals surface area contributed by atoms with Crippen LogP contribution in [0.5, 0.6) is 0 Å². The molecule has 5 heterocycles. The van der Waals surface area contributed by atoms with Crippen LogP contribution in [-0.4, -0.2) is 53.2 Å². The van der Waals surface area contributed by atoms with Crippen LogP contribution in [0, 0.1) is 5.82 Å². The Morgan fingerprint density at radius 1 is 1.25 bits per heavy atom. The molecule has 0 aromatic carbocycles. The van der Waals surface area contributed by atoms with E-state index in [1.165, 1.54) is 18.6 Å². The van der Waals surface area contributed by atoms with E-state index >= 15 is 0 Å². The summed E-state index contributed by atoms with van der Waals surface area (Å²) in [5, 5.41) is 11.0. The smallest absolute Gasteiger partial charge is 0.182 e. The number of piperidine rings is 1. The van der Waals surface area contributed by atoms with Crippen LogP contribution in [0.2, 0.25) is 0 Å². The highest BCUT2D eigenvalue weighted by atomic mass is 19.1. The summed E-state index contributed by atoms with van der Waals surface area (Å²) >= 11 is 0. The first-order chi connectivity index (χ1) is 13.8. The van der Waals surface area contributed by atoms with Crippen LogP contribution in [0.4, 0.5) is 10.2 Å². The number of aromatic nitrogens is 7. The van der Waals surface area contributed by atoms with Crippen LogP contribution < -0.4 is 10.6 Å². The maximum absolute atomic E-state index is 13.8. The Morgan fingerprint density at radius 3 is 3.04 bits per heavy atom. The van der Waals surface area contributed by atoms with Gasteiger partial charge in [-0.25, -0.2) is 29.0 Å². The minimum absolute atomic E-state index is 0.278. The number of hydrogen-bond donors (Lipinski definition) is 2. The van der Waals surface area contributed by atoms with Gasteiger partial charge in [0.05, 0.1) is 6.20 Å². The van der Waals surface area contributed by atoms with Gasteiger partial charge in [-0.15, -0.1) is 0 Å². The second-order valence-electron chi connectivity index (χ2n) is 6.68. The number of nitrogens with one attached hydrogen (secondary N) is 2. The molecule has 0 aliphatic carbocycles. The third-order valence-corrected chi connectivity index (χ3v) is 4.71. The molecule has 10 heteroatoms. The van der Waals surface area contributed by atoms with Crippen LogP contribution >= 0.6 is 0 Å². The summed E-state index contributed by atoms with van der Waals surface area (Å²) in [6, 6.07) is 5.10. The molecule has 4 aromatic heterocycles. The Bertz CT molecular complexity index is 1100. The van der Waals surface area contributed by atoms with E-state index < -0.39 is 0 Å². The summed E-state index contributed by atoms with van der Waals surface area (Å²) in [5.41, 5.74) is 1.22. The van der Waals surface area contributed by atoms with Gasteiger partial charge >= 0.3 is 0 Å². The van der Waals surface area contributed by atoms with Crippen molar-refractivity contribution in [3.63, 3.8) is 0 Å². The molecule has 28 heavy (non-hydrogen) atoms. The third-order valence-electron chi connectivity index (χ3n) is 4.71. The standard InChI is InChI=1S/C18H18FN9/c19-12-3-4-16-22-8-14(27(16)9-12)18-25-15(24-13-2-1-5-20-7-13)6-17(26-18)28-11-21-10-23-28/h3-4,6,8-11,13,20H,1-2,5,7H2,(H,24,25,26)/t13-/m1/s1. The van der Waals surface area contributed by atoms with Crippen LogP contribution in [-0.2, 0) is 0 Å². The first kappa shape index (κ1) is 16.8. The molecule has 1 aliphatic heterocycles. The van der Waals surface area contributed by atoms with Crippen molar-refractivity contribution < 1.29 is 4.39 Å². The topological polar surface area (TPSA) is 97.8 Å². The van der Waals surface area contributed by atoms with Gasteiger partial charge in [-0.1, -0.05) is 0 Å². The second kappa shape index (κ2) is 6.97. The fourth-order valence-corrected chi connectivity index (χ4v) is 3.37. The maximum atomic E-state index is 13.8. The van der Waals surface area contributed by atoms with Gasteiger partial charge in [0.15, 0.2) is 11.6 Å². The molecule has 142 valence electrons. The number of pyridine rings is 1. The quantitative estimate of drug-likeness (QED) is 0.557. The van der Waals surface area contributed by atoms with Crippen LogP contribution in [0.3, 0.4) is 0 Å². The van der Waals surface area contributed by atoms with E-state index in [0.29, 0.717) is 28.8 Å².